The second-order valence-electron chi connectivity index (χ2n) is 3.45. The summed E-state index contributed by atoms with van der Waals surface area (Å²) in [5.41, 5.74) is -0.0228. The van der Waals surface area contributed by atoms with E-state index in [2.05, 4.69) is 6.92 Å². The lowest BCUT2D eigenvalue weighted by molar-refractivity contribution is 0.101. The van der Waals surface area contributed by atoms with Crippen LogP contribution in [0.1, 0.15) is 30.1 Å². The van der Waals surface area contributed by atoms with E-state index in [1.54, 1.807) is 0 Å². The molecule has 0 heterocycles. The summed E-state index contributed by atoms with van der Waals surface area (Å²) in [6.07, 6.45) is 2.12. The Morgan fingerprint density at radius 3 is 2.75 bits per heavy atom. The lowest BCUT2D eigenvalue weighted by Gasteiger charge is -2.02. The Hall–Kier alpha value is -0.900. The first-order valence-electron chi connectivity index (χ1n) is 5.21. The number of hydrogen-bond acceptors (Lipinski definition) is 2. The van der Waals surface area contributed by atoms with Crippen LogP contribution < -0.4 is 0 Å². The molecule has 0 saturated heterocycles. The average molecular weight is 244 g/mol. The Bertz CT molecular complexity index is 366. The Kier molecular flexibility index (Phi) is 5.46. The molecule has 88 valence electrons. The van der Waals surface area contributed by atoms with Crippen molar-refractivity contribution < 1.29 is 13.6 Å². The fourth-order valence-electron chi connectivity index (χ4n) is 1.20. The molecular formula is C12H14F2OS. The van der Waals surface area contributed by atoms with Crippen molar-refractivity contribution in [3.8, 4) is 0 Å². The number of ketones is 1. The molecule has 16 heavy (non-hydrogen) atoms. The molecule has 0 aliphatic carbocycles. The maximum absolute atomic E-state index is 13.2. The molecule has 0 bridgehead atoms. The quantitative estimate of drug-likeness (QED) is 0.561. The summed E-state index contributed by atoms with van der Waals surface area (Å²) in [7, 11) is 0. The minimum absolute atomic E-state index is 0.0228. The fourth-order valence-corrected chi connectivity index (χ4v) is 2.18. The van der Waals surface area contributed by atoms with Crippen LogP contribution in [0.2, 0.25) is 0 Å². The van der Waals surface area contributed by atoms with Gasteiger partial charge in [-0.25, -0.2) is 8.78 Å². The molecule has 0 aromatic heterocycles. The van der Waals surface area contributed by atoms with Gasteiger partial charge in [0.05, 0.1) is 11.3 Å². The van der Waals surface area contributed by atoms with Crippen LogP contribution >= 0.6 is 11.8 Å². The highest BCUT2D eigenvalue weighted by Crippen LogP contribution is 2.13. The van der Waals surface area contributed by atoms with E-state index in [0.29, 0.717) is 0 Å². The van der Waals surface area contributed by atoms with E-state index in [-0.39, 0.29) is 17.1 Å². The van der Waals surface area contributed by atoms with Gasteiger partial charge in [-0.2, -0.15) is 11.8 Å². The Labute approximate surface area is 98.2 Å². The zero-order chi connectivity index (χ0) is 12.0. The van der Waals surface area contributed by atoms with E-state index < -0.39 is 11.6 Å². The molecule has 0 aliphatic rings. The molecule has 0 atom stereocenters. The average Bonchev–Trinajstić information content (AvgIpc) is 2.24. The lowest BCUT2D eigenvalue weighted by atomic mass is 10.1. The topological polar surface area (TPSA) is 17.1 Å². The number of halogens is 2. The smallest absolute Gasteiger partial charge is 0.175 e. The molecule has 0 aliphatic heterocycles. The van der Waals surface area contributed by atoms with Gasteiger partial charge in [-0.3, -0.25) is 4.79 Å². The maximum Gasteiger partial charge on any atom is 0.175 e. The molecule has 0 amide bonds. The summed E-state index contributed by atoms with van der Waals surface area (Å²) in [5.74, 6) is -0.569. The van der Waals surface area contributed by atoms with Crippen LogP contribution in [-0.4, -0.2) is 17.3 Å². The summed E-state index contributed by atoms with van der Waals surface area (Å²) in [6.45, 7) is 2.07. The van der Waals surface area contributed by atoms with Crippen LogP contribution in [-0.2, 0) is 0 Å². The van der Waals surface area contributed by atoms with E-state index in [1.807, 2.05) is 0 Å². The predicted molar refractivity (Wildman–Crippen MR) is 62.9 cm³/mol. The van der Waals surface area contributed by atoms with Gasteiger partial charge in [0.1, 0.15) is 11.6 Å². The normalized spacial score (nSPS) is 10.4. The highest BCUT2D eigenvalue weighted by atomic mass is 32.2. The van der Waals surface area contributed by atoms with Crippen molar-refractivity contribution in [1.29, 1.82) is 0 Å². The molecule has 1 nitrogen and oxygen atoms in total. The van der Waals surface area contributed by atoms with E-state index in [9.17, 15) is 13.6 Å². The molecule has 0 N–H and O–H groups in total. The second kappa shape index (κ2) is 6.63. The van der Waals surface area contributed by atoms with Crippen molar-refractivity contribution in [2.24, 2.45) is 0 Å². The minimum atomic E-state index is -0.777. The van der Waals surface area contributed by atoms with Crippen LogP contribution in [0.25, 0.3) is 0 Å². The van der Waals surface area contributed by atoms with Gasteiger partial charge in [0, 0.05) is 6.07 Å². The van der Waals surface area contributed by atoms with Gasteiger partial charge >= 0.3 is 0 Å². The minimum Gasteiger partial charge on any atom is -0.293 e. The Morgan fingerprint density at radius 2 is 2.12 bits per heavy atom. The van der Waals surface area contributed by atoms with Crippen LogP contribution in [0.3, 0.4) is 0 Å². The molecule has 0 fully saturated rings. The van der Waals surface area contributed by atoms with Crippen molar-refractivity contribution in [2.45, 2.75) is 19.8 Å². The first kappa shape index (κ1) is 13.2. The largest absolute Gasteiger partial charge is 0.293 e. The van der Waals surface area contributed by atoms with Crippen molar-refractivity contribution in [1.82, 2.24) is 0 Å². The number of Topliss-reactive ketones (excluding diaryl/α,β-unsaturated/α-hetero) is 1. The number of benzene rings is 1. The molecule has 1 rings (SSSR count). The van der Waals surface area contributed by atoms with Gasteiger partial charge in [0.2, 0.25) is 0 Å². The van der Waals surface area contributed by atoms with Crippen molar-refractivity contribution in [3.63, 3.8) is 0 Å². The summed E-state index contributed by atoms with van der Waals surface area (Å²) in [4.78, 5) is 11.6. The molecule has 0 spiro atoms. The van der Waals surface area contributed by atoms with Crippen LogP contribution in [0.15, 0.2) is 18.2 Å². The highest BCUT2D eigenvalue weighted by molar-refractivity contribution is 7.99. The lowest BCUT2D eigenvalue weighted by Crippen LogP contribution is -2.06. The summed E-state index contributed by atoms with van der Waals surface area (Å²) in [6, 6.07) is 3.05. The number of carbonyl (C=O) groups excluding carboxylic acids is 1. The number of carbonyl (C=O) groups is 1. The summed E-state index contributed by atoms with van der Waals surface area (Å²) in [5, 5.41) is 0. The monoisotopic (exact) mass is 244 g/mol. The number of thioether (sulfide) groups is 1. The molecule has 0 radical (unpaired) electrons. The Morgan fingerprint density at radius 1 is 1.38 bits per heavy atom. The van der Waals surface area contributed by atoms with E-state index in [0.717, 1.165) is 30.7 Å². The second-order valence-corrected chi connectivity index (χ2v) is 4.56. The van der Waals surface area contributed by atoms with Gasteiger partial charge in [0.15, 0.2) is 5.78 Å². The first-order chi connectivity index (χ1) is 7.65. The standard InChI is InChI=1S/C12H14F2OS/c1-2-3-6-16-8-12(15)10-5-4-9(13)7-11(10)14/h4-5,7H,2-3,6,8H2,1H3. The van der Waals surface area contributed by atoms with Gasteiger partial charge in [-0.1, -0.05) is 13.3 Å². The highest BCUT2D eigenvalue weighted by Gasteiger charge is 2.11. The predicted octanol–water partition coefficient (Wildman–Crippen LogP) is 3.68. The number of hydrogen-bond donors (Lipinski definition) is 0. The zero-order valence-corrected chi connectivity index (χ0v) is 9.95. The van der Waals surface area contributed by atoms with Gasteiger partial charge in [-0.05, 0) is 24.3 Å². The van der Waals surface area contributed by atoms with Crippen molar-refractivity contribution in [2.75, 3.05) is 11.5 Å². The SMILES string of the molecule is CCCCSCC(=O)c1ccc(F)cc1F. The fraction of sp³-hybridized carbons (Fsp3) is 0.417. The third kappa shape index (κ3) is 3.93. The third-order valence-corrected chi connectivity index (χ3v) is 3.15. The van der Waals surface area contributed by atoms with Crippen LogP contribution in [0.4, 0.5) is 8.78 Å². The zero-order valence-electron chi connectivity index (χ0n) is 9.13. The van der Waals surface area contributed by atoms with E-state index in [1.165, 1.54) is 17.8 Å². The van der Waals surface area contributed by atoms with Gasteiger partial charge in [-0.15, -0.1) is 0 Å². The van der Waals surface area contributed by atoms with Crippen molar-refractivity contribution >= 4 is 17.5 Å². The third-order valence-electron chi connectivity index (χ3n) is 2.11. The van der Waals surface area contributed by atoms with Crippen LogP contribution in [0.5, 0.6) is 0 Å². The molecule has 4 heteroatoms. The van der Waals surface area contributed by atoms with E-state index >= 15 is 0 Å². The molecule has 0 unspecified atom stereocenters. The van der Waals surface area contributed by atoms with Gasteiger partial charge < -0.3 is 0 Å². The molecule has 1 aromatic carbocycles. The summed E-state index contributed by atoms with van der Waals surface area (Å²) >= 11 is 1.48. The van der Waals surface area contributed by atoms with Crippen molar-refractivity contribution in [3.05, 3.63) is 35.4 Å². The van der Waals surface area contributed by atoms with E-state index in [4.69, 9.17) is 0 Å². The molecule has 1 aromatic rings. The number of rotatable bonds is 6. The van der Waals surface area contributed by atoms with Crippen LogP contribution in [0, 0.1) is 11.6 Å². The Balaban J connectivity index is 2.53. The number of unbranched alkanes of at least 4 members (excludes halogenated alkanes) is 1. The van der Waals surface area contributed by atoms with Gasteiger partial charge in [0.25, 0.3) is 0 Å². The molecular weight excluding hydrogens is 230 g/mol. The molecule has 0 saturated carbocycles. The summed E-state index contributed by atoms with van der Waals surface area (Å²) < 4.78 is 25.8. The maximum atomic E-state index is 13.2. The first-order valence-corrected chi connectivity index (χ1v) is 6.36.